The number of benzene rings is 1. The van der Waals surface area contributed by atoms with Gasteiger partial charge < -0.3 is 5.10 Å². The highest BCUT2D eigenvalue weighted by Crippen LogP contribution is 2.21. The Morgan fingerprint density at radius 1 is 1.33 bits per heavy atom. The minimum absolute atomic E-state index is 0.130. The molecular formula is C13H14BrFN2O. The number of aromatic amines is 2. The second kappa shape index (κ2) is 5.52. The molecule has 0 unspecified atom stereocenters. The molecule has 0 spiro atoms. The molecule has 0 radical (unpaired) electrons. The molecule has 0 amide bonds. The van der Waals surface area contributed by atoms with E-state index >= 15 is 0 Å². The molecule has 0 bridgehead atoms. The van der Waals surface area contributed by atoms with E-state index in [1.807, 2.05) is 6.92 Å². The first-order valence-corrected chi connectivity index (χ1v) is 6.63. The van der Waals surface area contributed by atoms with Crippen molar-refractivity contribution < 1.29 is 4.39 Å². The summed E-state index contributed by atoms with van der Waals surface area (Å²) in [5, 5.41) is 5.47. The summed E-state index contributed by atoms with van der Waals surface area (Å²) >= 11 is 3.38. The van der Waals surface area contributed by atoms with Crippen LogP contribution in [-0.4, -0.2) is 10.2 Å². The van der Waals surface area contributed by atoms with Gasteiger partial charge in [0.05, 0.1) is 0 Å². The molecule has 0 aliphatic carbocycles. The third-order valence-corrected chi connectivity index (χ3v) is 3.61. The highest BCUT2D eigenvalue weighted by atomic mass is 79.9. The van der Waals surface area contributed by atoms with Gasteiger partial charge in [0, 0.05) is 22.2 Å². The average molecular weight is 313 g/mol. The molecule has 2 rings (SSSR count). The number of H-pyrrole nitrogens is 2. The number of nitrogens with one attached hydrogen (secondary N) is 2. The third-order valence-electron chi connectivity index (χ3n) is 2.84. The van der Waals surface area contributed by atoms with E-state index in [1.54, 1.807) is 6.07 Å². The number of rotatable bonds is 4. The van der Waals surface area contributed by atoms with Crippen LogP contribution in [-0.2, 0) is 12.8 Å². The highest BCUT2D eigenvalue weighted by Gasteiger charge is 2.12. The summed E-state index contributed by atoms with van der Waals surface area (Å²) in [5.41, 5.74) is 2.23. The van der Waals surface area contributed by atoms with Crippen molar-refractivity contribution in [3.05, 3.63) is 55.7 Å². The molecule has 2 N–H and O–H groups in total. The fourth-order valence-corrected chi connectivity index (χ4v) is 2.33. The van der Waals surface area contributed by atoms with Crippen molar-refractivity contribution in [2.24, 2.45) is 0 Å². The molecule has 3 nitrogen and oxygen atoms in total. The Labute approximate surface area is 113 Å². The zero-order valence-electron chi connectivity index (χ0n) is 10.0. The van der Waals surface area contributed by atoms with Gasteiger partial charge in [-0.15, -0.1) is 0 Å². The van der Waals surface area contributed by atoms with Gasteiger partial charge in [-0.25, -0.2) is 4.39 Å². The maximum Gasteiger partial charge on any atom is 0.267 e. The van der Waals surface area contributed by atoms with Crippen molar-refractivity contribution in [3.63, 3.8) is 0 Å². The summed E-state index contributed by atoms with van der Waals surface area (Å²) in [7, 11) is 0. The van der Waals surface area contributed by atoms with Crippen LogP contribution in [0.5, 0.6) is 0 Å². The van der Waals surface area contributed by atoms with Crippen LogP contribution in [0.15, 0.2) is 27.5 Å². The summed E-state index contributed by atoms with van der Waals surface area (Å²) < 4.78 is 14.0. The Bertz CT molecular complexity index is 603. The van der Waals surface area contributed by atoms with Crippen LogP contribution in [0.25, 0.3) is 0 Å². The lowest BCUT2D eigenvalue weighted by Gasteiger charge is -2.04. The van der Waals surface area contributed by atoms with Crippen molar-refractivity contribution >= 4 is 15.9 Å². The quantitative estimate of drug-likeness (QED) is 0.895. The van der Waals surface area contributed by atoms with E-state index in [0.717, 1.165) is 28.6 Å². The van der Waals surface area contributed by atoms with Crippen LogP contribution in [0, 0.1) is 5.82 Å². The summed E-state index contributed by atoms with van der Waals surface area (Å²) in [5.74, 6) is -0.294. The summed E-state index contributed by atoms with van der Waals surface area (Å²) in [6.07, 6.45) is 2.18. The van der Waals surface area contributed by atoms with Crippen LogP contribution < -0.4 is 5.56 Å². The minimum atomic E-state index is -0.294. The fraction of sp³-hybridized carbons (Fsp3) is 0.308. The van der Waals surface area contributed by atoms with Crippen LogP contribution >= 0.6 is 15.9 Å². The van der Waals surface area contributed by atoms with E-state index in [0.29, 0.717) is 12.0 Å². The number of aromatic nitrogens is 2. The molecule has 1 heterocycles. The lowest BCUT2D eigenvalue weighted by molar-refractivity contribution is 0.625. The van der Waals surface area contributed by atoms with Crippen LogP contribution in [0.3, 0.4) is 0 Å². The van der Waals surface area contributed by atoms with Gasteiger partial charge in [-0.05, 0) is 30.2 Å². The van der Waals surface area contributed by atoms with E-state index in [-0.39, 0.29) is 11.4 Å². The van der Waals surface area contributed by atoms with E-state index in [9.17, 15) is 9.18 Å². The van der Waals surface area contributed by atoms with Crippen molar-refractivity contribution in [2.45, 2.75) is 26.2 Å². The number of aryl methyl sites for hydroxylation is 1. The Balaban J connectivity index is 2.36. The van der Waals surface area contributed by atoms with E-state index in [2.05, 4.69) is 26.1 Å². The standard InChI is InChI=1S/C13H14BrFN2O/c1-2-3-12-10(13(18)17-16-12)7-8-6-9(15)4-5-11(8)14/h4-6H,2-3,7H2,1H3,(H2,16,17,18). The Morgan fingerprint density at radius 2 is 2.11 bits per heavy atom. The van der Waals surface area contributed by atoms with E-state index in [4.69, 9.17) is 0 Å². The van der Waals surface area contributed by atoms with E-state index in [1.165, 1.54) is 12.1 Å². The average Bonchev–Trinajstić information content (AvgIpc) is 2.67. The molecule has 0 aliphatic rings. The van der Waals surface area contributed by atoms with Crippen LogP contribution in [0.4, 0.5) is 4.39 Å². The first kappa shape index (κ1) is 13.1. The number of hydrogen-bond acceptors (Lipinski definition) is 1. The summed E-state index contributed by atoms with van der Waals surface area (Å²) in [4.78, 5) is 11.7. The van der Waals surface area contributed by atoms with Gasteiger partial charge >= 0.3 is 0 Å². The molecule has 1 aromatic heterocycles. The molecule has 5 heteroatoms. The van der Waals surface area contributed by atoms with Gasteiger partial charge in [0.1, 0.15) is 5.82 Å². The molecular weight excluding hydrogens is 299 g/mol. The number of halogens is 2. The van der Waals surface area contributed by atoms with Crippen molar-refractivity contribution in [1.82, 2.24) is 10.2 Å². The Hall–Kier alpha value is -1.36. The smallest absolute Gasteiger partial charge is 0.267 e. The van der Waals surface area contributed by atoms with Gasteiger partial charge in [-0.2, -0.15) is 0 Å². The van der Waals surface area contributed by atoms with Crippen molar-refractivity contribution in [1.29, 1.82) is 0 Å². The minimum Gasteiger partial charge on any atom is -0.302 e. The van der Waals surface area contributed by atoms with Crippen LogP contribution in [0.1, 0.15) is 30.2 Å². The third kappa shape index (κ3) is 2.72. The molecule has 0 aliphatic heterocycles. The van der Waals surface area contributed by atoms with Crippen LogP contribution in [0.2, 0.25) is 0 Å². The molecule has 0 saturated heterocycles. The summed E-state index contributed by atoms with van der Waals surface area (Å²) in [6, 6.07) is 4.50. The SMILES string of the molecule is CCCc1[nH][nH]c(=O)c1Cc1cc(F)ccc1Br. The first-order valence-electron chi connectivity index (χ1n) is 5.84. The van der Waals surface area contributed by atoms with Gasteiger partial charge in [0.2, 0.25) is 0 Å². The predicted molar refractivity (Wildman–Crippen MR) is 72.3 cm³/mol. The maximum absolute atomic E-state index is 13.2. The second-order valence-corrected chi connectivity index (χ2v) is 5.05. The summed E-state index contributed by atoms with van der Waals surface area (Å²) in [6.45, 7) is 2.05. The van der Waals surface area contributed by atoms with E-state index < -0.39 is 0 Å². The highest BCUT2D eigenvalue weighted by molar-refractivity contribution is 9.10. The monoisotopic (exact) mass is 312 g/mol. The molecule has 0 atom stereocenters. The zero-order chi connectivity index (χ0) is 13.1. The first-order chi connectivity index (χ1) is 8.61. The lowest BCUT2D eigenvalue weighted by atomic mass is 10.0. The second-order valence-electron chi connectivity index (χ2n) is 4.20. The van der Waals surface area contributed by atoms with Gasteiger partial charge in [-0.1, -0.05) is 29.3 Å². The Morgan fingerprint density at radius 3 is 2.83 bits per heavy atom. The molecule has 0 saturated carbocycles. The molecule has 0 fully saturated rings. The zero-order valence-corrected chi connectivity index (χ0v) is 11.6. The predicted octanol–water partition coefficient (Wildman–Crippen LogP) is 3.15. The normalized spacial score (nSPS) is 10.8. The molecule has 1 aromatic carbocycles. The largest absolute Gasteiger partial charge is 0.302 e. The van der Waals surface area contributed by atoms with Gasteiger partial charge in [-0.3, -0.25) is 9.89 Å². The fourth-order valence-electron chi connectivity index (χ4n) is 1.94. The topological polar surface area (TPSA) is 48.6 Å². The molecule has 18 heavy (non-hydrogen) atoms. The maximum atomic E-state index is 13.2. The molecule has 96 valence electrons. The Kier molecular flexibility index (Phi) is 4.01. The molecule has 2 aromatic rings. The van der Waals surface area contributed by atoms with Crippen molar-refractivity contribution in [2.75, 3.05) is 0 Å². The van der Waals surface area contributed by atoms with Gasteiger partial charge in [0.15, 0.2) is 0 Å². The van der Waals surface area contributed by atoms with Crippen molar-refractivity contribution in [3.8, 4) is 0 Å². The van der Waals surface area contributed by atoms with Gasteiger partial charge in [0.25, 0.3) is 5.56 Å². The number of hydrogen-bond donors (Lipinski definition) is 2. The lowest BCUT2D eigenvalue weighted by Crippen LogP contribution is -2.08.